The Morgan fingerprint density at radius 2 is 1.67 bits per heavy atom. The number of hydrogen-bond acceptors (Lipinski definition) is 6. The predicted molar refractivity (Wildman–Crippen MR) is 124 cm³/mol. The van der Waals surface area contributed by atoms with E-state index in [2.05, 4.69) is 29.2 Å². The van der Waals surface area contributed by atoms with E-state index in [-0.39, 0.29) is 31.9 Å². The molecule has 1 fully saturated rings. The normalized spacial score (nSPS) is 19.9. The van der Waals surface area contributed by atoms with E-state index in [4.69, 9.17) is 18.9 Å². The Bertz CT molecular complexity index is 1070. The molecule has 0 radical (unpaired) electrons. The highest BCUT2D eigenvalue weighted by molar-refractivity contribution is 5.94. The Morgan fingerprint density at radius 1 is 0.939 bits per heavy atom. The van der Waals surface area contributed by atoms with E-state index in [1.807, 2.05) is 36.4 Å². The lowest BCUT2D eigenvalue weighted by Gasteiger charge is -2.55. The molecule has 1 aliphatic heterocycles. The third-order valence-electron chi connectivity index (χ3n) is 5.88. The molecule has 0 N–H and O–H groups in total. The van der Waals surface area contributed by atoms with Gasteiger partial charge in [0.1, 0.15) is 19.3 Å². The Morgan fingerprint density at radius 3 is 2.33 bits per heavy atom. The molecule has 0 aliphatic carbocycles. The Hall–Kier alpha value is -3.26. The summed E-state index contributed by atoms with van der Waals surface area (Å²) in [5, 5.41) is 0. The fourth-order valence-corrected chi connectivity index (χ4v) is 4.35. The van der Waals surface area contributed by atoms with E-state index in [0.29, 0.717) is 11.4 Å². The molecule has 4 rings (SSSR count). The Balaban J connectivity index is 1.71. The zero-order valence-corrected chi connectivity index (χ0v) is 19.1. The fourth-order valence-electron chi connectivity index (χ4n) is 4.35. The standard InChI is InChI=1S/C26H28N2O5/c1-30-17-28-24(21-11-9-20(10-12-21)19-7-5-4-6-8-19)26(25(28)29,33-18-31-2)16-22-15-23(32-3)13-14-27-22/h4-15,24H,16-18H2,1-3H3/t24-,26+/m0/s1. The van der Waals surface area contributed by atoms with Crippen molar-refractivity contribution in [1.82, 2.24) is 9.88 Å². The SMILES string of the molecule is COCO[C@@]1(Cc2cc(OC)ccn2)C(=O)N(COC)[C@H]1c1ccc(-c2ccccc2)cc1. The van der Waals surface area contributed by atoms with Crippen molar-refractivity contribution in [2.75, 3.05) is 34.9 Å². The maximum Gasteiger partial charge on any atom is 0.260 e. The van der Waals surface area contributed by atoms with Gasteiger partial charge in [0.25, 0.3) is 5.91 Å². The molecule has 7 heteroatoms. The molecule has 1 aromatic heterocycles. The summed E-state index contributed by atoms with van der Waals surface area (Å²) in [5.74, 6) is 0.509. The number of carbonyl (C=O) groups excluding carboxylic acids is 1. The summed E-state index contributed by atoms with van der Waals surface area (Å²) in [7, 11) is 4.71. The predicted octanol–water partition coefficient (Wildman–Crippen LogP) is 3.85. The van der Waals surface area contributed by atoms with Crippen LogP contribution in [0, 0.1) is 0 Å². The molecule has 7 nitrogen and oxygen atoms in total. The van der Waals surface area contributed by atoms with Crippen LogP contribution in [0.25, 0.3) is 11.1 Å². The molecular weight excluding hydrogens is 420 g/mol. The molecule has 2 heterocycles. The fraction of sp³-hybridized carbons (Fsp3) is 0.308. The molecule has 0 saturated carbocycles. The average molecular weight is 449 g/mol. The van der Waals surface area contributed by atoms with E-state index in [0.717, 1.165) is 16.7 Å². The van der Waals surface area contributed by atoms with Gasteiger partial charge in [-0.15, -0.1) is 0 Å². The topological polar surface area (TPSA) is 70.1 Å². The van der Waals surface area contributed by atoms with Crippen LogP contribution < -0.4 is 4.74 Å². The second-order valence-electron chi connectivity index (χ2n) is 7.89. The van der Waals surface area contributed by atoms with Crippen LogP contribution in [0.2, 0.25) is 0 Å². The van der Waals surface area contributed by atoms with Crippen molar-refractivity contribution < 1.29 is 23.7 Å². The minimum Gasteiger partial charge on any atom is -0.497 e. The first-order valence-electron chi connectivity index (χ1n) is 10.7. The van der Waals surface area contributed by atoms with Gasteiger partial charge in [-0.1, -0.05) is 54.6 Å². The lowest BCUT2D eigenvalue weighted by molar-refractivity contribution is -0.235. The lowest BCUT2D eigenvalue weighted by atomic mass is 9.74. The molecule has 172 valence electrons. The van der Waals surface area contributed by atoms with Crippen LogP contribution in [0.15, 0.2) is 72.9 Å². The summed E-state index contributed by atoms with van der Waals surface area (Å²) < 4.78 is 22.0. The maximum atomic E-state index is 13.4. The third-order valence-corrected chi connectivity index (χ3v) is 5.88. The molecule has 0 spiro atoms. The number of methoxy groups -OCH3 is 3. The highest BCUT2D eigenvalue weighted by atomic mass is 16.7. The number of benzene rings is 2. The molecule has 2 atom stereocenters. The lowest BCUT2D eigenvalue weighted by Crippen LogP contribution is -2.71. The molecule has 3 aromatic rings. The van der Waals surface area contributed by atoms with Crippen molar-refractivity contribution in [3.63, 3.8) is 0 Å². The van der Waals surface area contributed by atoms with Crippen molar-refractivity contribution in [2.24, 2.45) is 0 Å². The molecule has 33 heavy (non-hydrogen) atoms. The molecule has 1 saturated heterocycles. The zero-order valence-electron chi connectivity index (χ0n) is 19.1. The number of pyridine rings is 1. The van der Waals surface area contributed by atoms with E-state index in [1.165, 1.54) is 7.11 Å². The van der Waals surface area contributed by atoms with E-state index in [1.54, 1.807) is 31.4 Å². The number of carbonyl (C=O) groups is 1. The van der Waals surface area contributed by atoms with Gasteiger partial charge in [0.2, 0.25) is 0 Å². The molecule has 0 unspecified atom stereocenters. The number of likely N-dealkylation sites (tertiary alicyclic amines) is 1. The van der Waals surface area contributed by atoms with E-state index < -0.39 is 5.60 Å². The average Bonchev–Trinajstić information content (AvgIpc) is 2.87. The number of amides is 1. The first-order valence-corrected chi connectivity index (χ1v) is 10.7. The van der Waals surface area contributed by atoms with Gasteiger partial charge in [0.15, 0.2) is 5.60 Å². The Labute approximate surface area is 193 Å². The molecule has 1 aliphatic rings. The van der Waals surface area contributed by atoms with Gasteiger partial charge < -0.3 is 23.8 Å². The first-order chi connectivity index (χ1) is 16.1. The number of β-lactam (4-membered cyclic amide) rings is 1. The van der Waals surface area contributed by atoms with Crippen LogP contribution >= 0.6 is 0 Å². The van der Waals surface area contributed by atoms with Gasteiger partial charge in [0.05, 0.1) is 13.2 Å². The molecule has 2 aromatic carbocycles. The Kier molecular flexibility index (Phi) is 7.03. The van der Waals surface area contributed by atoms with Crippen molar-refractivity contribution in [1.29, 1.82) is 0 Å². The largest absolute Gasteiger partial charge is 0.497 e. The second kappa shape index (κ2) is 10.1. The summed E-state index contributed by atoms with van der Waals surface area (Å²) in [6.45, 7) is 0.142. The highest BCUT2D eigenvalue weighted by Crippen LogP contribution is 2.48. The van der Waals surface area contributed by atoms with E-state index >= 15 is 0 Å². The van der Waals surface area contributed by atoms with Gasteiger partial charge in [-0.3, -0.25) is 9.78 Å². The number of aromatic nitrogens is 1. The maximum absolute atomic E-state index is 13.4. The van der Waals surface area contributed by atoms with Crippen LogP contribution in [0.5, 0.6) is 5.75 Å². The summed E-state index contributed by atoms with van der Waals surface area (Å²) in [6.07, 6.45) is 1.94. The van der Waals surface area contributed by atoms with Crippen molar-refractivity contribution in [2.45, 2.75) is 18.1 Å². The quantitative estimate of drug-likeness (QED) is 0.347. The second-order valence-corrected chi connectivity index (χ2v) is 7.89. The minimum atomic E-state index is -1.16. The molecule has 0 bridgehead atoms. The van der Waals surface area contributed by atoms with Gasteiger partial charge in [-0.05, 0) is 22.8 Å². The summed E-state index contributed by atoms with van der Waals surface area (Å²) >= 11 is 0. The molecular formula is C26H28N2O5. The van der Waals surface area contributed by atoms with Crippen LogP contribution in [-0.2, 0) is 25.4 Å². The van der Waals surface area contributed by atoms with Crippen LogP contribution in [0.1, 0.15) is 17.3 Å². The monoisotopic (exact) mass is 448 g/mol. The van der Waals surface area contributed by atoms with Crippen molar-refractivity contribution in [3.05, 3.63) is 84.2 Å². The highest BCUT2D eigenvalue weighted by Gasteiger charge is 2.62. The van der Waals surface area contributed by atoms with Gasteiger partial charge in [0, 0.05) is 38.6 Å². The number of ether oxygens (including phenoxy) is 4. The number of rotatable bonds is 10. The first kappa shape index (κ1) is 22.9. The van der Waals surface area contributed by atoms with Crippen LogP contribution in [0.4, 0.5) is 0 Å². The smallest absolute Gasteiger partial charge is 0.260 e. The van der Waals surface area contributed by atoms with E-state index in [9.17, 15) is 4.79 Å². The minimum absolute atomic E-state index is 0.0187. The van der Waals surface area contributed by atoms with Crippen molar-refractivity contribution >= 4 is 5.91 Å². The number of nitrogens with zero attached hydrogens (tertiary/aromatic N) is 2. The van der Waals surface area contributed by atoms with Gasteiger partial charge >= 0.3 is 0 Å². The van der Waals surface area contributed by atoms with Crippen molar-refractivity contribution in [3.8, 4) is 16.9 Å². The third kappa shape index (κ3) is 4.48. The zero-order chi connectivity index (χ0) is 23.3. The van der Waals surface area contributed by atoms with Gasteiger partial charge in [-0.25, -0.2) is 0 Å². The van der Waals surface area contributed by atoms with Crippen LogP contribution in [0.3, 0.4) is 0 Å². The summed E-state index contributed by atoms with van der Waals surface area (Å²) in [5.41, 5.74) is 2.71. The molecule has 1 amide bonds. The van der Waals surface area contributed by atoms with Crippen LogP contribution in [-0.4, -0.2) is 56.2 Å². The number of hydrogen-bond donors (Lipinski definition) is 0. The summed E-state index contributed by atoms with van der Waals surface area (Å²) in [4.78, 5) is 19.5. The van der Waals surface area contributed by atoms with Gasteiger partial charge in [-0.2, -0.15) is 0 Å². The summed E-state index contributed by atoms with van der Waals surface area (Å²) in [6, 6.07) is 21.6.